The van der Waals surface area contributed by atoms with Gasteiger partial charge in [-0.2, -0.15) is 0 Å². The number of aliphatic hydroxyl groups is 1. The average Bonchev–Trinajstić information content (AvgIpc) is 2.67. The largest absolute Gasteiger partial charge is 0.388 e. The molecule has 0 aliphatic carbocycles. The van der Waals surface area contributed by atoms with Gasteiger partial charge < -0.3 is 10.0 Å². The fraction of sp³-hybridized carbons (Fsp3) is 0.300. The number of anilines is 1. The molecule has 6 heteroatoms. The molecule has 1 fully saturated rings. The minimum absolute atomic E-state index is 0.152. The standard InChI is InChI=1S/C20H19ClFN3O/c21-15-3-6-17-18(11-15)23-12-24-20(17)25-9-7-14(8-10-25)19(26)13-1-4-16(22)5-2-13/h1-6,11-12,14,19,26H,7-10H2. The fourth-order valence-electron chi connectivity index (χ4n) is 3.63. The van der Waals surface area contributed by atoms with Gasteiger partial charge in [-0.25, -0.2) is 14.4 Å². The molecule has 1 saturated heterocycles. The second-order valence-electron chi connectivity index (χ2n) is 6.68. The van der Waals surface area contributed by atoms with E-state index in [1.54, 1.807) is 18.5 Å². The molecule has 1 unspecified atom stereocenters. The number of benzene rings is 2. The molecule has 1 atom stereocenters. The Balaban J connectivity index is 1.49. The molecule has 0 saturated carbocycles. The first-order valence-corrected chi connectivity index (χ1v) is 9.08. The highest BCUT2D eigenvalue weighted by atomic mass is 35.5. The molecule has 0 amide bonds. The van der Waals surface area contributed by atoms with Crippen LogP contribution in [-0.2, 0) is 0 Å². The first-order valence-electron chi connectivity index (χ1n) is 8.70. The highest BCUT2D eigenvalue weighted by molar-refractivity contribution is 6.31. The minimum Gasteiger partial charge on any atom is -0.388 e. The molecule has 1 aliphatic heterocycles. The Labute approximate surface area is 156 Å². The van der Waals surface area contributed by atoms with Crippen molar-refractivity contribution >= 4 is 28.3 Å². The van der Waals surface area contributed by atoms with E-state index in [1.807, 2.05) is 18.2 Å². The monoisotopic (exact) mass is 371 g/mol. The van der Waals surface area contributed by atoms with Crippen LogP contribution in [0.15, 0.2) is 48.8 Å². The van der Waals surface area contributed by atoms with Crippen LogP contribution in [0.1, 0.15) is 24.5 Å². The summed E-state index contributed by atoms with van der Waals surface area (Å²) in [6.07, 6.45) is 2.68. The maximum atomic E-state index is 13.1. The van der Waals surface area contributed by atoms with Gasteiger partial charge in [0.25, 0.3) is 0 Å². The van der Waals surface area contributed by atoms with E-state index in [1.165, 1.54) is 12.1 Å². The van der Waals surface area contributed by atoms with Gasteiger partial charge in [0.2, 0.25) is 0 Å². The number of aliphatic hydroxyl groups excluding tert-OH is 1. The van der Waals surface area contributed by atoms with E-state index in [0.717, 1.165) is 48.2 Å². The molecule has 134 valence electrons. The van der Waals surface area contributed by atoms with Gasteiger partial charge in [0, 0.05) is 23.5 Å². The zero-order valence-corrected chi connectivity index (χ0v) is 14.9. The molecule has 26 heavy (non-hydrogen) atoms. The number of rotatable bonds is 3. The summed E-state index contributed by atoms with van der Waals surface area (Å²) in [6.45, 7) is 1.61. The summed E-state index contributed by atoms with van der Waals surface area (Å²) in [5, 5.41) is 12.3. The van der Waals surface area contributed by atoms with Crippen LogP contribution in [0.2, 0.25) is 5.02 Å². The number of aromatic nitrogens is 2. The Morgan fingerprint density at radius 2 is 1.81 bits per heavy atom. The van der Waals surface area contributed by atoms with E-state index in [4.69, 9.17) is 11.6 Å². The number of halogens is 2. The van der Waals surface area contributed by atoms with E-state index in [-0.39, 0.29) is 11.7 Å². The average molecular weight is 372 g/mol. The maximum absolute atomic E-state index is 13.1. The lowest BCUT2D eigenvalue weighted by Crippen LogP contribution is -2.36. The predicted molar refractivity (Wildman–Crippen MR) is 101 cm³/mol. The quantitative estimate of drug-likeness (QED) is 0.742. The summed E-state index contributed by atoms with van der Waals surface area (Å²) in [6, 6.07) is 11.8. The molecule has 0 spiro atoms. The van der Waals surface area contributed by atoms with Crippen LogP contribution < -0.4 is 4.90 Å². The molecular weight excluding hydrogens is 353 g/mol. The summed E-state index contributed by atoms with van der Waals surface area (Å²) in [7, 11) is 0. The van der Waals surface area contributed by atoms with Crippen molar-refractivity contribution in [2.24, 2.45) is 5.92 Å². The van der Waals surface area contributed by atoms with Crippen molar-refractivity contribution in [1.82, 2.24) is 9.97 Å². The lowest BCUT2D eigenvalue weighted by molar-refractivity contribution is 0.0928. The molecule has 2 aromatic carbocycles. The molecule has 1 aromatic heterocycles. The van der Waals surface area contributed by atoms with Crippen molar-refractivity contribution in [2.45, 2.75) is 18.9 Å². The molecule has 0 radical (unpaired) electrons. The number of piperidine rings is 1. The summed E-state index contributed by atoms with van der Waals surface area (Å²) >= 11 is 6.05. The van der Waals surface area contributed by atoms with E-state index in [9.17, 15) is 9.50 Å². The third kappa shape index (κ3) is 3.37. The smallest absolute Gasteiger partial charge is 0.139 e. The lowest BCUT2D eigenvalue weighted by atomic mass is 9.87. The van der Waals surface area contributed by atoms with E-state index in [2.05, 4.69) is 14.9 Å². The third-order valence-electron chi connectivity index (χ3n) is 5.07. The van der Waals surface area contributed by atoms with Crippen molar-refractivity contribution in [3.05, 3.63) is 65.2 Å². The molecular formula is C20H19ClFN3O. The van der Waals surface area contributed by atoms with Gasteiger partial charge in [0.15, 0.2) is 0 Å². The summed E-state index contributed by atoms with van der Waals surface area (Å²) in [5.41, 5.74) is 1.60. The maximum Gasteiger partial charge on any atom is 0.139 e. The molecule has 2 heterocycles. The van der Waals surface area contributed by atoms with Crippen molar-refractivity contribution in [2.75, 3.05) is 18.0 Å². The molecule has 4 nitrogen and oxygen atoms in total. The SMILES string of the molecule is OC(c1ccc(F)cc1)C1CCN(c2ncnc3cc(Cl)ccc23)CC1. The molecule has 4 rings (SSSR count). The van der Waals surface area contributed by atoms with Gasteiger partial charge in [-0.05, 0) is 54.7 Å². The zero-order valence-electron chi connectivity index (χ0n) is 14.1. The Kier molecular flexibility index (Phi) is 4.74. The van der Waals surface area contributed by atoms with Crippen molar-refractivity contribution in [3.63, 3.8) is 0 Å². The van der Waals surface area contributed by atoms with Gasteiger partial charge in [-0.1, -0.05) is 23.7 Å². The Morgan fingerprint density at radius 3 is 2.54 bits per heavy atom. The summed E-state index contributed by atoms with van der Waals surface area (Å²) < 4.78 is 13.1. The number of hydrogen-bond acceptors (Lipinski definition) is 4. The molecule has 1 N–H and O–H groups in total. The Hall–Kier alpha value is -2.24. The van der Waals surface area contributed by atoms with Crippen molar-refractivity contribution in [1.29, 1.82) is 0 Å². The van der Waals surface area contributed by atoms with Crippen LogP contribution in [0.25, 0.3) is 10.9 Å². The van der Waals surface area contributed by atoms with Gasteiger partial charge in [-0.15, -0.1) is 0 Å². The van der Waals surface area contributed by atoms with Crippen LogP contribution in [0.5, 0.6) is 0 Å². The molecule has 1 aliphatic rings. The number of fused-ring (bicyclic) bond motifs is 1. The topological polar surface area (TPSA) is 49.2 Å². The molecule has 3 aromatic rings. The summed E-state index contributed by atoms with van der Waals surface area (Å²) in [4.78, 5) is 11.0. The summed E-state index contributed by atoms with van der Waals surface area (Å²) in [5.74, 6) is 0.771. The van der Waals surface area contributed by atoms with Gasteiger partial charge in [0.1, 0.15) is 18.0 Å². The highest BCUT2D eigenvalue weighted by Crippen LogP contribution is 2.34. The number of nitrogens with zero attached hydrogens (tertiary/aromatic N) is 3. The van der Waals surface area contributed by atoms with Crippen LogP contribution >= 0.6 is 11.6 Å². The first kappa shape index (κ1) is 17.2. The lowest BCUT2D eigenvalue weighted by Gasteiger charge is -2.35. The highest BCUT2D eigenvalue weighted by Gasteiger charge is 2.27. The second kappa shape index (κ2) is 7.17. The van der Waals surface area contributed by atoms with Crippen LogP contribution in [0, 0.1) is 11.7 Å². The first-order chi connectivity index (χ1) is 12.6. The Morgan fingerprint density at radius 1 is 1.08 bits per heavy atom. The fourth-order valence-corrected chi connectivity index (χ4v) is 3.79. The second-order valence-corrected chi connectivity index (χ2v) is 7.12. The Bertz CT molecular complexity index is 911. The predicted octanol–water partition coefficient (Wildman–Crippen LogP) is 4.37. The van der Waals surface area contributed by atoms with Crippen LogP contribution in [0.3, 0.4) is 0 Å². The van der Waals surface area contributed by atoms with E-state index in [0.29, 0.717) is 5.02 Å². The van der Waals surface area contributed by atoms with Crippen molar-refractivity contribution in [3.8, 4) is 0 Å². The minimum atomic E-state index is -0.571. The van der Waals surface area contributed by atoms with Crippen LogP contribution in [-0.4, -0.2) is 28.2 Å². The van der Waals surface area contributed by atoms with Gasteiger partial charge >= 0.3 is 0 Å². The van der Waals surface area contributed by atoms with Crippen LogP contribution in [0.4, 0.5) is 10.2 Å². The van der Waals surface area contributed by atoms with Gasteiger partial charge in [0.05, 0.1) is 11.6 Å². The van der Waals surface area contributed by atoms with Crippen molar-refractivity contribution < 1.29 is 9.50 Å². The van der Waals surface area contributed by atoms with Gasteiger partial charge in [-0.3, -0.25) is 0 Å². The van der Waals surface area contributed by atoms with E-state index >= 15 is 0 Å². The van der Waals surface area contributed by atoms with E-state index < -0.39 is 6.10 Å². The zero-order chi connectivity index (χ0) is 18.1. The third-order valence-corrected chi connectivity index (χ3v) is 5.31. The number of hydrogen-bond donors (Lipinski definition) is 1. The molecule has 0 bridgehead atoms. The normalized spacial score (nSPS) is 16.8.